The Morgan fingerprint density at radius 3 is 1.69 bits per heavy atom. The molecule has 3 nitrogen and oxygen atoms in total. The van der Waals surface area contributed by atoms with Crippen molar-refractivity contribution in [2.45, 2.75) is 143 Å². The van der Waals surface area contributed by atoms with Gasteiger partial charge in [0.2, 0.25) is 0 Å². The minimum atomic E-state index is -0.426. The van der Waals surface area contributed by atoms with Crippen molar-refractivity contribution in [2.75, 3.05) is 0 Å². The molecule has 0 heterocycles. The molecular weight excluding hydrogens is 480 g/mol. The van der Waals surface area contributed by atoms with Crippen LogP contribution in [-0.4, -0.2) is 10.9 Å². The van der Waals surface area contributed by atoms with Gasteiger partial charge < -0.3 is 9.84 Å². The lowest BCUT2D eigenvalue weighted by molar-refractivity contribution is 0.0858. The summed E-state index contributed by atoms with van der Waals surface area (Å²) in [5, 5.41) is 10.6. The van der Waals surface area contributed by atoms with Crippen molar-refractivity contribution in [3.05, 3.63) is 59.2 Å². The third-order valence-corrected chi connectivity index (χ3v) is 7.69. The smallest absolute Gasteiger partial charge is 0.168 e. The molecule has 1 atom stereocenters. The first-order valence-electron chi connectivity index (χ1n) is 15.8. The zero-order valence-corrected chi connectivity index (χ0v) is 25.7. The van der Waals surface area contributed by atoms with E-state index in [4.69, 9.17) is 4.74 Å². The van der Waals surface area contributed by atoms with E-state index >= 15 is 0 Å². The van der Waals surface area contributed by atoms with Crippen molar-refractivity contribution in [3.8, 4) is 11.5 Å². The Bertz CT molecular complexity index is 939. The molecule has 0 aliphatic heterocycles. The van der Waals surface area contributed by atoms with Crippen LogP contribution in [-0.2, 0) is 0 Å². The van der Waals surface area contributed by atoms with Crippen LogP contribution in [0.4, 0.5) is 0 Å². The van der Waals surface area contributed by atoms with Crippen LogP contribution in [0.5, 0.6) is 11.5 Å². The molecule has 0 amide bonds. The van der Waals surface area contributed by atoms with E-state index < -0.39 is 11.5 Å². The lowest BCUT2D eigenvalue weighted by Gasteiger charge is -2.18. The average Bonchev–Trinajstić information content (AvgIpc) is 2.91. The molecule has 3 heteroatoms. The van der Waals surface area contributed by atoms with Crippen LogP contribution in [0, 0.1) is 12.3 Å². The molecule has 1 N–H and O–H groups in total. The molecule has 39 heavy (non-hydrogen) atoms. The fraction of sp³-hybridized carbons (Fsp3) is 0.639. The van der Waals surface area contributed by atoms with Gasteiger partial charge in [0.1, 0.15) is 11.5 Å². The molecule has 0 fully saturated rings. The van der Waals surface area contributed by atoms with Gasteiger partial charge in [-0.15, -0.1) is 0 Å². The number of hydrogen-bond acceptors (Lipinski definition) is 3. The first-order chi connectivity index (χ1) is 18.7. The number of aliphatic hydroxyl groups is 1. The van der Waals surface area contributed by atoms with Crippen LogP contribution in [0.2, 0.25) is 0 Å². The van der Waals surface area contributed by atoms with Crippen LogP contribution in [0.3, 0.4) is 0 Å². The fourth-order valence-electron chi connectivity index (χ4n) is 5.10. The summed E-state index contributed by atoms with van der Waals surface area (Å²) in [5.41, 5.74) is 2.18. The molecule has 0 radical (unpaired) electrons. The topological polar surface area (TPSA) is 46.5 Å². The quantitative estimate of drug-likeness (QED) is 0.135. The van der Waals surface area contributed by atoms with E-state index in [9.17, 15) is 9.90 Å². The van der Waals surface area contributed by atoms with Crippen molar-refractivity contribution >= 4 is 5.78 Å². The van der Waals surface area contributed by atoms with Crippen molar-refractivity contribution in [1.29, 1.82) is 0 Å². The molecule has 218 valence electrons. The Morgan fingerprint density at radius 2 is 1.23 bits per heavy atom. The van der Waals surface area contributed by atoms with Gasteiger partial charge >= 0.3 is 0 Å². The van der Waals surface area contributed by atoms with Gasteiger partial charge in [0, 0.05) is 11.0 Å². The van der Waals surface area contributed by atoms with E-state index in [0.29, 0.717) is 5.56 Å². The molecule has 0 saturated carbocycles. The van der Waals surface area contributed by atoms with E-state index in [2.05, 4.69) is 6.92 Å². The van der Waals surface area contributed by atoms with Crippen LogP contribution in [0.25, 0.3) is 0 Å². The minimum Gasteiger partial charge on any atom is -0.457 e. The molecule has 0 saturated heterocycles. The number of aliphatic hydroxyl groups excluding tert-OH is 1. The third-order valence-electron chi connectivity index (χ3n) is 7.69. The average molecular weight is 537 g/mol. The van der Waals surface area contributed by atoms with Gasteiger partial charge in [0.05, 0.1) is 6.10 Å². The summed E-state index contributed by atoms with van der Waals surface area (Å²) in [7, 11) is 0. The zero-order chi connectivity index (χ0) is 28.5. The standard InChI is InChI=1S/C36H56O3/c1-6-7-8-9-10-11-12-13-14-15-16-17-18-19-20-21-33(37)30-22-25-32(26-23-30)39-34-27-24-31(28-29(34)2)35(38)36(3,4)5/h22-28,33,37H,6-21H2,1-5H3. The summed E-state index contributed by atoms with van der Waals surface area (Å²) < 4.78 is 6.06. The number of benzene rings is 2. The fourth-order valence-corrected chi connectivity index (χ4v) is 5.10. The van der Waals surface area contributed by atoms with E-state index in [1.54, 1.807) is 0 Å². The number of hydrogen-bond donors (Lipinski definition) is 1. The minimum absolute atomic E-state index is 0.129. The summed E-state index contributed by atoms with van der Waals surface area (Å²) in [5.74, 6) is 1.60. The Balaban J connectivity index is 1.58. The Labute approximate surface area is 239 Å². The third kappa shape index (κ3) is 13.2. The van der Waals surface area contributed by atoms with Gasteiger partial charge in [-0.2, -0.15) is 0 Å². The van der Waals surface area contributed by atoms with E-state index in [0.717, 1.165) is 35.5 Å². The molecular formula is C36H56O3. The molecule has 0 bridgehead atoms. The largest absolute Gasteiger partial charge is 0.457 e. The second-order valence-electron chi connectivity index (χ2n) is 12.5. The lowest BCUT2D eigenvalue weighted by Crippen LogP contribution is -2.20. The van der Waals surface area contributed by atoms with Crippen molar-refractivity contribution in [1.82, 2.24) is 0 Å². The molecule has 1 unspecified atom stereocenters. The van der Waals surface area contributed by atoms with Gasteiger partial charge in [0.15, 0.2) is 5.78 Å². The molecule has 0 aromatic heterocycles. The number of unbranched alkanes of at least 4 members (excludes halogenated alkanes) is 14. The summed E-state index contributed by atoms with van der Waals surface area (Å²) in [6.45, 7) is 10.0. The normalized spacial score (nSPS) is 12.5. The number of aryl methyl sites for hydroxylation is 1. The van der Waals surface area contributed by atoms with E-state index in [1.807, 2.05) is 70.2 Å². The molecule has 2 rings (SSSR count). The number of rotatable bonds is 20. The predicted molar refractivity (Wildman–Crippen MR) is 166 cm³/mol. The Hall–Kier alpha value is -2.13. The number of carbonyl (C=O) groups is 1. The zero-order valence-electron chi connectivity index (χ0n) is 25.7. The molecule has 0 aliphatic rings. The van der Waals surface area contributed by atoms with Crippen LogP contribution >= 0.6 is 0 Å². The van der Waals surface area contributed by atoms with Gasteiger partial charge in [-0.25, -0.2) is 0 Å². The molecule has 0 spiro atoms. The number of ketones is 1. The first-order valence-corrected chi connectivity index (χ1v) is 15.8. The van der Waals surface area contributed by atoms with E-state index in [1.165, 1.54) is 89.9 Å². The highest BCUT2D eigenvalue weighted by Gasteiger charge is 2.23. The van der Waals surface area contributed by atoms with E-state index in [-0.39, 0.29) is 5.78 Å². The van der Waals surface area contributed by atoms with Gasteiger partial charge in [-0.05, 0) is 54.8 Å². The lowest BCUT2D eigenvalue weighted by atomic mass is 9.86. The summed E-state index contributed by atoms with van der Waals surface area (Å²) in [4.78, 5) is 12.5. The van der Waals surface area contributed by atoms with Crippen molar-refractivity contribution in [3.63, 3.8) is 0 Å². The van der Waals surface area contributed by atoms with Crippen LogP contribution < -0.4 is 4.74 Å². The maximum atomic E-state index is 12.5. The maximum absolute atomic E-state index is 12.5. The van der Waals surface area contributed by atoms with Gasteiger partial charge in [0.25, 0.3) is 0 Å². The number of ether oxygens (including phenoxy) is 1. The second-order valence-corrected chi connectivity index (χ2v) is 12.5. The first kappa shape index (κ1) is 33.1. The maximum Gasteiger partial charge on any atom is 0.168 e. The molecule has 0 aliphatic carbocycles. The van der Waals surface area contributed by atoms with Crippen LogP contribution in [0.15, 0.2) is 42.5 Å². The molecule has 2 aromatic carbocycles. The van der Waals surface area contributed by atoms with Crippen LogP contribution in [0.1, 0.15) is 158 Å². The molecule has 2 aromatic rings. The number of carbonyl (C=O) groups excluding carboxylic acids is 1. The Morgan fingerprint density at radius 1 is 0.744 bits per heavy atom. The van der Waals surface area contributed by atoms with Gasteiger partial charge in [-0.3, -0.25) is 4.79 Å². The summed E-state index contributed by atoms with van der Waals surface area (Å²) >= 11 is 0. The summed E-state index contributed by atoms with van der Waals surface area (Å²) in [6.07, 6.45) is 20.7. The Kier molecular flexibility index (Phi) is 15.5. The highest BCUT2D eigenvalue weighted by molar-refractivity contribution is 6.00. The number of Topliss-reactive ketones (excluding diaryl/α,β-unsaturated/α-hetero) is 1. The predicted octanol–water partition coefficient (Wildman–Crippen LogP) is 11.3. The highest BCUT2D eigenvalue weighted by atomic mass is 16.5. The highest BCUT2D eigenvalue weighted by Crippen LogP contribution is 2.30. The second kappa shape index (κ2) is 18.3. The van der Waals surface area contributed by atoms with Crippen molar-refractivity contribution < 1.29 is 14.6 Å². The monoisotopic (exact) mass is 536 g/mol. The SMILES string of the molecule is CCCCCCCCCCCCCCCCCC(O)c1ccc(Oc2ccc(C(=O)C(C)(C)C)cc2C)cc1. The van der Waals surface area contributed by atoms with Gasteiger partial charge in [-0.1, -0.05) is 136 Å². The van der Waals surface area contributed by atoms with Crippen molar-refractivity contribution in [2.24, 2.45) is 5.41 Å². The summed E-state index contributed by atoms with van der Waals surface area (Å²) in [6, 6.07) is 13.4.